The maximum absolute atomic E-state index is 12.4. The summed E-state index contributed by atoms with van der Waals surface area (Å²) in [7, 11) is 0. The van der Waals surface area contributed by atoms with Crippen LogP contribution in [0, 0.1) is 6.92 Å². The smallest absolute Gasteiger partial charge is 0.440 e. The number of aryl methyl sites for hydroxylation is 1. The van der Waals surface area contributed by atoms with E-state index in [1.54, 1.807) is 28.8 Å². The predicted octanol–water partition coefficient (Wildman–Crippen LogP) is 5.72. The number of hydrogen-bond donors (Lipinski definition) is 2. The van der Waals surface area contributed by atoms with E-state index in [1.165, 1.54) is 0 Å². The number of amides is 1. The van der Waals surface area contributed by atoms with Crippen molar-refractivity contribution in [1.82, 2.24) is 9.55 Å². The van der Waals surface area contributed by atoms with Crippen LogP contribution in [0.5, 0.6) is 10.9 Å². The Labute approximate surface area is 209 Å². The Balaban J connectivity index is 1.41. The number of hydrogen-bond acceptors (Lipinski definition) is 5. The number of carbonyl (C=O) groups excluding carboxylic acids is 1. The van der Waals surface area contributed by atoms with Gasteiger partial charge in [-0.05, 0) is 66.4 Å². The molecule has 3 heterocycles. The Morgan fingerprint density at radius 2 is 2.11 bits per heavy atom. The van der Waals surface area contributed by atoms with Gasteiger partial charge < -0.3 is 19.4 Å². The van der Waals surface area contributed by atoms with Crippen molar-refractivity contribution >= 4 is 34.7 Å². The third-order valence-electron chi connectivity index (χ3n) is 5.59. The molecule has 5 rings (SSSR count). The summed E-state index contributed by atoms with van der Waals surface area (Å²) in [6, 6.07) is 14.5. The summed E-state index contributed by atoms with van der Waals surface area (Å²) in [4.78, 5) is 31.6. The quantitative estimate of drug-likeness (QED) is 0.370. The molecule has 2 N–H and O–H groups in total. The average molecular weight is 506 g/mol. The number of carbonyl (C=O) groups is 1. The second-order valence-corrected chi connectivity index (χ2v) is 9.77. The number of benzene rings is 1. The Kier molecular flexibility index (Phi) is 6.15. The molecule has 1 amide bonds. The molecule has 0 fully saturated rings. The number of fused-ring (bicyclic) bond motifs is 1. The van der Waals surface area contributed by atoms with E-state index in [-0.39, 0.29) is 11.4 Å². The monoisotopic (exact) mass is 505 g/mol. The fraction of sp³-hybridized carbons (Fsp3) is 0.115. The molecule has 0 bridgehead atoms. The fourth-order valence-electron chi connectivity index (χ4n) is 4.02. The topological polar surface area (TPSA) is 96.7 Å². The first kappa shape index (κ1) is 22.9. The molecule has 3 aromatic heterocycles. The highest BCUT2D eigenvalue weighted by atomic mass is 35.5. The lowest BCUT2D eigenvalue weighted by Crippen LogP contribution is -2.10. The van der Waals surface area contributed by atoms with Crippen LogP contribution in [-0.4, -0.2) is 26.5 Å². The Hall–Kier alpha value is -3.88. The fourth-order valence-corrected chi connectivity index (χ4v) is 4.89. The molecule has 0 saturated heterocycles. The third kappa shape index (κ3) is 4.84. The lowest BCUT2D eigenvalue weighted by molar-refractivity contribution is 0.213. The summed E-state index contributed by atoms with van der Waals surface area (Å²) in [6.45, 7) is 2.21. The molecule has 1 aliphatic rings. The van der Waals surface area contributed by atoms with Crippen molar-refractivity contribution in [1.29, 1.82) is 0 Å². The second-order valence-electron chi connectivity index (χ2n) is 8.10. The molecular formula is C26H20ClN3O4S. The number of pyridine rings is 1. The maximum Gasteiger partial charge on any atom is 0.440 e. The van der Waals surface area contributed by atoms with Gasteiger partial charge in [0.2, 0.25) is 5.88 Å². The van der Waals surface area contributed by atoms with Crippen LogP contribution in [0.4, 0.5) is 4.79 Å². The minimum Gasteiger partial charge on any atom is -0.494 e. The van der Waals surface area contributed by atoms with Crippen molar-refractivity contribution in [2.24, 2.45) is 4.99 Å². The summed E-state index contributed by atoms with van der Waals surface area (Å²) in [5.74, 6) is 0.00801. The predicted molar refractivity (Wildman–Crippen MR) is 137 cm³/mol. The van der Waals surface area contributed by atoms with Crippen molar-refractivity contribution in [3.63, 3.8) is 0 Å². The van der Waals surface area contributed by atoms with Crippen LogP contribution in [0.1, 0.15) is 22.4 Å². The number of H-pyrrole nitrogens is 1. The van der Waals surface area contributed by atoms with Crippen molar-refractivity contribution in [3.8, 4) is 22.1 Å². The number of nitrogens with one attached hydrogen (secondary N) is 1. The summed E-state index contributed by atoms with van der Waals surface area (Å²) >= 11 is 7.01. The van der Waals surface area contributed by atoms with Crippen LogP contribution in [0.15, 0.2) is 76.7 Å². The highest BCUT2D eigenvalue weighted by molar-refractivity contribution is 7.17. The van der Waals surface area contributed by atoms with Gasteiger partial charge in [0.1, 0.15) is 0 Å². The third-order valence-corrected chi connectivity index (χ3v) is 6.70. The molecule has 0 radical (unpaired) electrons. The number of ether oxygens (including phenoxy) is 1. The zero-order valence-electron chi connectivity index (χ0n) is 18.6. The number of rotatable bonds is 4. The number of nitrogens with zero attached hydrogens (tertiary/aromatic N) is 2. The number of thiophene rings is 1. The van der Waals surface area contributed by atoms with Crippen LogP contribution in [0.3, 0.4) is 0 Å². The van der Waals surface area contributed by atoms with Crippen molar-refractivity contribution in [3.05, 3.63) is 104 Å². The van der Waals surface area contributed by atoms with Crippen LogP contribution < -0.4 is 10.3 Å². The van der Waals surface area contributed by atoms with Gasteiger partial charge in [0.25, 0.3) is 5.56 Å². The van der Waals surface area contributed by atoms with E-state index < -0.39 is 6.09 Å². The molecule has 0 unspecified atom stereocenters. The lowest BCUT2D eigenvalue weighted by atomic mass is 10.00. The van der Waals surface area contributed by atoms with Crippen LogP contribution in [0.25, 0.3) is 11.1 Å². The Bertz CT molecular complexity index is 1560. The number of allylic oxidation sites excluding steroid dienone is 2. The number of aromatic amines is 1. The number of aromatic hydroxyl groups is 1. The standard InChI is InChI=1S/C26H20ClN3O4S/c1-15-8-9-19(24(31)28-15)17-5-2-4-16(12-17)13-30-14-18-6-3-7-20(23(18)25(30)32)29-26(33)34-22-11-10-21(27)35-22/h2-5,7-12,14,32H,6,13H2,1H3,(H,28,31). The van der Waals surface area contributed by atoms with Gasteiger partial charge in [0.15, 0.2) is 5.06 Å². The molecule has 9 heteroatoms. The molecule has 35 heavy (non-hydrogen) atoms. The minimum atomic E-state index is -0.792. The van der Waals surface area contributed by atoms with Gasteiger partial charge in [-0.1, -0.05) is 47.2 Å². The highest BCUT2D eigenvalue weighted by Gasteiger charge is 2.22. The van der Waals surface area contributed by atoms with E-state index in [4.69, 9.17) is 16.3 Å². The first-order valence-corrected chi connectivity index (χ1v) is 12.0. The molecule has 7 nitrogen and oxygen atoms in total. The highest BCUT2D eigenvalue weighted by Crippen LogP contribution is 2.31. The maximum atomic E-state index is 12.4. The van der Waals surface area contributed by atoms with E-state index in [2.05, 4.69) is 9.98 Å². The minimum absolute atomic E-state index is 0.00801. The molecule has 0 atom stereocenters. The molecule has 1 aromatic carbocycles. The summed E-state index contributed by atoms with van der Waals surface area (Å²) in [6.07, 6.45) is 5.23. The molecule has 0 spiro atoms. The van der Waals surface area contributed by atoms with E-state index in [0.717, 1.165) is 33.7 Å². The van der Waals surface area contributed by atoms with Crippen LogP contribution >= 0.6 is 22.9 Å². The normalized spacial score (nSPS) is 13.7. The van der Waals surface area contributed by atoms with Gasteiger partial charge in [0.05, 0.1) is 22.2 Å². The van der Waals surface area contributed by atoms with Gasteiger partial charge in [-0.2, -0.15) is 4.99 Å². The number of aromatic nitrogens is 2. The molecule has 4 aromatic rings. The summed E-state index contributed by atoms with van der Waals surface area (Å²) in [5.41, 5.74) is 4.61. The van der Waals surface area contributed by atoms with Gasteiger partial charge in [-0.15, -0.1) is 0 Å². The molecule has 0 saturated carbocycles. The van der Waals surface area contributed by atoms with Gasteiger partial charge in [-0.25, -0.2) is 4.79 Å². The Morgan fingerprint density at radius 3 is 2.89 bits per heavy atom. The van der Waals surface area contributed by atoms with E-state index in [9.17, 15) is 14.7 Å². The van der Waals surface area contributed by atoms with Gasteiger partial charge in [-0.3, -0.25) is 4.79 Å². The van der Waals surface area contributed by atoms with Crippen LogP contribution in [0.2, 0.25) is 4.34 Å². The average Bonchev–Trinajstić information content (AvgIpc) is 3.36. The largest absolute Gasteiger partial charge is 0.494 e. The molecule has 176 valence electrons. The SMILES string of the molecule is Cc1ccc(-c2cccc(Cn3cc4c(c3O)C(=NC(=O)Oc3ccc(Cl)s3)C=CC4)c2)c(=O)[nH]1. The summed E-state index contributed by atoms with van der Waals surface area (Å²) < 4.78 is 7.43. The first-order chi connectivity index (χ1) is 16.9. The van der Waals surface area contributed by atoms with E-state index in [0.29, 0.717) is 39.2 Å². The zero-order chi connectivity index (χ0) is 24.5. The van der Waals surface area contributed by atoms with E-state index in [1.807, 2.05) is 49.5 Å². The van der Waals surface area contributed by atoms with E-state index >= 15 is 0 Å². The second kappa shape index (κ2) is 9.40. The lowest BCUT2D eigenvalue weighted by Gasteiger charge is -2.10. The summed E-state index contributed by atoms with van der Waals surface area (Å²) in [5, 5.41) is 11.3. The molecule has 1 aliphatic carbocycles. The molecule has 0 aliphatic heterocycles. The van der Waals surface area contributed by atoms with Gasteiger partial charge in [0, 0.05) is 17.5 Å². The number of halogens is 1. The van der Waals surface area contributed by atoms with Crippen molar-refractivity contribution < 1.29 is 14.6 Å². The van der Waals surface area contributed by atoms with Crippen molar-refractivity contribution in [2.75, 3.05) is 0 Å². The van der Waals surface area contributed by atoms with Crippen molar-refractivity contribution in [2.45, 2.75) is 19.9 Å². The van der Waals surface area contributed by atoms with Crippen LogP contribution in [-0.2, 0) is 13.0 Å². The first-order valence-electron chi connectivity index (χ1n) is 10.8. The number of aliphatic imine (C=N–C) groups is 1. The molecular weight excluding hydrogens is 486 g/mol. The van der Waals surface area contributed by atoms with Gasteiger partial charge >= 0.3 is 6.09 Å². The Morgan fingerprint density at radius 1 is 1.26 bits per heavy atom. The zero-order valence-corrected chi connectivity index (χ0v) is 20.2.